The van der Waals surface area contributed by atoms with Gasteiger partial charge in [-0.1, -0.05) is 12.1 Å². The topological polar surface area (TPSA) is 12.0 Å². The Kier molecular flexibility index (Phi) is 5.64. The zero-order chi connectivity index (χ0) is 10.2. The number of hydrogen-bond donors (Lipinski definition) is 1. The first-order chi connectivity index (χ1) is 6.83. The molecule has 3 heteroatoms. The zero-order valence-corrected chi connectivity index (χ0v) is 9.24. The fourth-order valence-corrected chi connectivity index (χ4v) is 1.57. The lowest BCUT2D eigenvalue weighted by atomic mass is 10.1. The summed E-state index contributed by atoms with van der Waals surface area (Å²) in [4.78, 5) is 0. The molecule has 0 saturated carbocycles. The first-order valence-corrected chi connectivity index (χ1v) is 6.16. The predicted octanol–water partition coefficient (Wildman–Crippen LogP) is 2.32. The summed E-state index contributed by atoms with van der Waals surface area (Å²) < 4.78 is 12.8. The summed E-state index contributed by atoms with van der Waals surface area (Å²) in [5.41, 5.74) is 1.06. The molecule has 0 unspecified atom stereocenters. The van der Waals surface area contributed by atoms with Crippen LogP contribution < -0.4 is 5.32 Å². The molecule has 0 radical (unpaired) electrons. The third-order valence-corrected chi connectivity index (χ3v) is 2.57. The van der Waals surface area contributed by atoms with Gasteiger partial charge in [0.2, 0.25) is 0 Å². The third kappa shape index (κ3) is 4.63. The van der Waals surface area contributed by atoms with Gasteiger partial charge in [-0.3, -0.25) is 0 Å². The molecule has 0 atom stereocenters. The van der Waals surface area contributed by atoms with E-state index in [2.05, 4.69) is 11.6 Å². The van der Waals surface area contributed by atoms with E-state index in [1.165, 1.54) is 6.07 Å². The monoisotopic (exact) mass is 213 g/mol. The predicted molar refractivity (Wildman–Crippen MR) is 61.4 cm³/mol. The van der Waals surface area contributed by atoms with E-state index in [1.807, 2.05) is 17.8 Å². The largest absolute Gasteiger partial charge is 0.316 e. The summed E-state index contributed by atoms with van der Waals surface area (Å²) in [5.74, 6) is 0.981. The highest BCUT2D eigenvalue weighted by Gasteiger charge is 1.94. The van der Waals surface area contributed by atoms with Crippen molar-refractivity contribution in [1.82, 2.24) is 5.32 Å². The molecular weight excluding hydrogens is 197 g/mol. The molecular formula is C11H16FNS. The van der Waals surface area contributed by atoms with Crippen molar-refractivity contribution >= 4 is 11.8 Å². The SMILES string of the molecule is CSCCNCCc1cccc(F)c1. The summed E-state index contributed by atoms with van der Waals surface area (Å²) in [6.07, 6.45) is 2.99. The van der Waals surface area contributed by atoms with Gasteiger partial charge in [-0.15, -0.1) is 0 Å². The highest BCUT2D eigenvalue weighted by molar-refractivity contribution is 7.98. The van der Waals surface area contributed by atoms with Crippen LogP contribution in [0.3, 0.4) is 0 Å². The van der Waals surface area contributed by atoms with Crippen molar-refractivity contribution in [3.63, 3.8) is 0 Å². The molecule has 1 aromatic carbocycles. The number of rotatable bonds is 6. The Morgan fingerprint density at radius 1 is 1.36 bits per heavy atom. The second-order valence-electron chi connectivity index (χ2n) is 3.12. The first kappa shape index (κ1) is 11.5. The number of hydrogen-bond acceptors (Lipinski definition) is 2. The van der Waals surface area contributed by atoms with Crippen LogP contribution >= 0.6 is 11.8 Å². The standard InChI is InChI=1S/C11H16FNS/c1-14-8-7-13-6-5-10-3-2-4-11(12)9-10/h2-4,9,13H,5-8H2,1H3. The molecule has 14 heavy (non-hydrogen) atoms. The normalized spacial score (nSPS) is 10.4. The second kappa shape index (κ2) is 6.85. The van der Waals surface area contributed by atoms with E-state index in [9.17, 15) is 4.39 Å². The van der Waals surface area contributed by atoms with Gasteiger partial charge in [0.05, 0.1) is 0 Å². The van der Waals surface area contributed by atoms with Gasteiger partial charge < -0.3 is 5.32 Å². The average Bonchev–Trinajstić information content (AvgIpc) is 2.18. The van der Waals surface area contributed by atoms with Gasteiger partial charge in [0.15, 0.2) is 0 Å². The van der Waals surface area contributed by atoms with Gasteiger partial charge in [-0.05, 0) is 36.9 Å². The molecule has 0 fully saturated rings. The van der Waals surface area contributed by atoms with Gasteiger partial charge in [-0.2, -0.15) is 11.8 Å². The summed E-state index contributed by atoms with van der Waals surface area (Å²) >= 11 is 1.83. The maximum absolute atomic E-state index is 12.8. The van der Waals surface area contributed by atoms with Gasteiger partial charge in [0, 0.05) is 12.3 Å². The van der Waals surface area contributed by atoms with Crippen molar-refractivity contribution < 1.29 is 4.39 Å². The molecule has 0 spiro atoms. The average molecular weight is 213 g/mol. The highest BCUT2D eigenvalue weighted by Crippen LogP contribution is 2.03. The molecule has 0 amide bonds. The van der Waals surface area contributed by atoms with Crippen LogP contribution in [-0.2, 0) is 6.42 Å². The second-order valence-corrected chi connectivity index (χ2v) is 4.11. The number of halogens is 1. The molecule has 0 aromatic heterocycles. The lowest BCUT2D eigenvalue weighted by Crippen LogP contribution is -2.19. The van der Waals surface area contributed by atoms with Crippen LogP contribution in [0.25, 0.3) is 0 Å². The summed E-state index contributed by atoms with van der Waals surface area (Å²) in [6, 6.07) is 6.78. The van der Waals surface area contributed by atoms with Crippen LogP contribution in [0.5, 0.6) is 0 Å². The van der Waals surface area contributed by atoms with Crippen LogP contribution in [0.15, 0.2) is 24.3 Å². The Balaban J connectivity index is 2.18. The van der Waals surface area contributed by atoms with Crippen LogP contribution in [-0.4, -0.2) is 25.1 Å². The number of nitrogens with one attached hydrogen (secondary N) is 1. The fraction of sp³-hybridized carbons (Fsp3) is 0.455. The Morgan fingerprint density at radius 2 is 2.21 bits per heavy atom. The molecule has 1 N–H and O–H groups in total. The van der Waals surface area contributed by atoms with E-state index in [4.69, 9.17) is 0 Å². The molecule has 1 rings (SSSR count). The van der Waals surface area contributed by atoms with Gasteiger partial charge >= 0.3 is 0 Å². The van der Waals surface area contributed by atoms with Gasteiger partial charge in [-0.25, -0.2) is 4.39 Å². The van der Waals surface area contributed by atoms with E-state index in [0.717, 1.165) is 30.8 Å². The van der Waals surface area contributed by atoms with E-state index in [1.54, 1.807) is 12.1 Å². The Bertz CT molecular complexity index is 265. The summed E-state index contributed by atoms with van der Waals surface area (Å²) in [6.45, 7) is 1.94. The van der Waals surface area contributed by atoms with Crippen LogP contribution in [0.2, 0.25) is 0 Å². The van der Waals surface area contributed by atoms with Crippen molar-refractivity contribution in [2.24, 2.45) is 0 Å². The lowest BCUT2D eigenvalue weighted by Gasteiger charge is -2.03. The molecule has 0 aliphatic rings. The molecule has 1 nitrogen and oxygen atoms in total. The van der Waals surface area contributed by atoms with Crippen molar-refractivity contribution in [2.45, 2.75) is 6.42 Å². The maximum Gasteiger partial charge on any atom is 0.123 e. The van der Waals surface area contributed by atoms with Crippen molar-refractivity contribution in [2.75, 3.05) is 25.1 Å². The Morgan fingerprint density at radius 3 is 2.93 bits per heavy atom. The zero-order valence-electron chi connectivity index (χ0n) is 8.42. The quantitative estimate of drug-likeness (QED) is 0.728. The van der Waals surface area contributed by atoms with Crippen LogP contribution in [0.1, 0.15) is 5.56 Å². The van der Waals surface area contributed by atoms with E-state index in [-0.39, 0.29) is 5.82 Å². The first-order valence-electron chi connectivity index (χ1n) is 4.77. The molecule has 0 aliphatic carbocycles. The molecule has 0 saturated heterocycles. The Hall–Kier alpha value is -0.540. The Labute approximate surface area is 89.1 Å². The van der Waals surface area contributed by atoms with Crippen molar-refractivity contribution in [3.05, 3.63) is 35.6 Å². The molecule has 0 aliphatic heterocycles. The van der Waals surface area contributed by atoms with E-state index in [0.29, 0.717) is 0 Å². The van der Waals surface area contributed by atoms with Crippen molar-refractivity contribution in [3.8, 4) is 0 Å². The van der Waals surface area contributed by atoms with E-state index < -0.39 is 0 Å². The van der Waals surface area contributed by atoms with Crippen LogP contribution in [0.4, 0.5) is 4.39 Å². The molecule has 0 heterocycles. The third-order valence-electron chi connectivity index (χ3n) is 1.96. The smallest absolute Gasteiger partial charge is 0.123 e. The molecule has 1 aromatic rings. The van der Waals surface area contributed by atoms with Crippen molar-refractivity contribution in [1.29, 1.82) is 0 Å². The minimum Gasteiger partial charge on any atom is -0.316 e. The summed E-state index contributed by atoms with van der Waals surface area (Å²) in [7, 11) is 0. The van der Waals surface area contributed by atoms with Gasteiger partial charge in [0.25, 0.3) is 0 Å². The minimum absolute atomic E-state index is 0.147. The molecule has 0 bridgehead atoms. The van der Waals surface area contributed by atoms with E-state index >= 15 is 0 Å². The number of thioether (sulfide) groups is 1. The number of benzene rings is 1. The van der Waals surface area contributed by atoms with Crippen LogP contribution in [0, 0.1) is 5.82 Å². The van der Waals surface area contributed by atoms with Gasteiger partial charge in [0.1, 0.15) is 5.82 Å². The highest BCUT2D eigenvalue weighted by atomic mass is 32.2. The summed E-state index contributed by atoms with van der Waals surface area (Å²) in [5, 5.41) is 3.31. The fourth-order valence-electron chi connectivity index (χ4n) is 1.22. The minimum atomic E-state index is -0.147. The molecule has 78 valence electrons. The maximum atomic E-state index is 12.8. The lowest BCUT2D eigenvalue weighted by molar-refractivity contribution is 0.623.